The Hall–Kier alpha value is 0.350. The minimum Gasteiger partial charge on any atom is -0.157 e. The molecule has 0 amide bonds. The fourth-order valence-corrected chi connectivity index (χ4v) is 5.13. The highest BCUT2D eigenvalue weighted by atomic mass is 32.2. The maximum Gasteiger partial charge on any atom is 0.0166 e. The highest BCUT2D eigenvalue weighted by molar-refractivity contribution is 8.01. The molecule has 0 N–H and O–H groups in total. The second kappa shape index (κ2) is 29.4. The lowest BCUT2D eigenvalue weighted by Crippen LogP contribution is -1.85. The van der Waals surface area contributed by atoms with Crippen LogP contribution in [0.4, 0.5) is 0 Å². The van der Waals surface area contributed by atoms with E-state index in [1.807, 2.05) is 0 Å². The average molecular weight is 440 g/mol. The first-order valence-electron chi connectivity index (χ1n) is 14.3. The molecule has 0 aromatic heterocycles. The zero-order valence-corrected chi connectivity index (χ0v) is 22.2. The standard InChI is InChI=1S/C29H59S/c1-3-5-7-9-11-12-13-14-15-16-17-18-19-20-21-23-25-27-29-30-28-26-24-22-10-8-6-4-2/h29H,3-28H2,1-2H3. The van der Waals surface area contributed by atoms with E-state index in [1.54, 1.807) is 0 Å². The Bertz CT molecular complexity index is 248. The molecule has 0 nitrogen and oxygen atoms in total. The molecule has 0 spiro atoms. The van der Waals surface area contributed by atoms with Crippen LogP contribution in [0.3, 0.4) is 0 Å². The summed E-state index contributed by atoms with van der Waals surface area (Å²) in [6, 6.07) is 0. The summed E-state index contributed by atoms with van der Waals surface area (Å²) in [5.41, 5.74) is 0. The molecule has 1 radical (unpaired) electrons. The van der Waals surface area contributed by atoms with E-state index in [4.69, 9.17) is 0 Å². The maximum atomic E-state index is 2.49. The molecule has 0 aliphatic rings. The van der Waals surface area contributed by atoms with Gasteiger partial charge in [-0.15, -0.1) is 0 Å². The van der Waals surface area contributed by atoms with Crippen molar-refractivity contribution in [2.75, 3.05) is 5.75 Å². The molecule has 1 heteroatoms. The van der Waals surface area contributed by atoms with E-state index >= 15 is 0 Å². The van der Waals surface area contributed by atoms with Gasteiger partial charge in [-0.1, -0.05) is 162 Å². The molecule has 0 saturated heterocycles. The summed E-state index contributed by atoms with van der Waals surface area (Å²) in [7, 11) is 0. The third kappa shape index (κ3) is 28.4. The summed E-state index contributed by atoms with van der Waals surface area (Å²) in [5, 5.41) is 0. The van der Waals surface area contributed by atoms with Gasteiger partial charge in [-0.2, -0.15) is 11.8 Å². The summed E-state index contributed by atoms with van der Waals surface area (Å²) in [6.07, 6.45) is 36.3. The molecule has 0 aliphatic heterocycles. The number of unbranched alkanes of at least 4 members (excludes halogenated alkanes) is 23. The molecule has 0 bridgehead atoms. The molecular weight excluding hydrogens is 380 g/mol. The molecule has 0 unspecified atom stereocenters. The lowest BCUT2D eigenvalue weighted by molar-refractivity contribution is 0.527. The summed E-state index contributed by atoms with van der Waals surface area (Å²) in [4.78, 5) is 0. The molecule has 0 aliphatic carbocycles. The number of hydrogen-bond acceptors (Lipinski definition) is 1. The lowest BCUT2D eigenvalue weighted by atomic mass is 10.0. The van der Waals surface area contributed by atoms with E-state index < -0.39 is 0 Å². The Morgan fingerprint density at radius 2 is 0.667 bits per heavy atom. The van der Waals surface area contributed by atoms with Crippen molar-refractivity contribution in [1.29, 1.82) is 0 Å². The van der Waals surface area contributed by atoms with Crippen molar-refractivity contribution in [2.45, 2.75) is 174 Å². The fourth-order valence-electron chi connectivity index (χ4n) is 4.26. The summed E-state index contributed by atoms with van der Waals surface area (Å²) < 4.78 is 0. The molecule has 0 fully saturated rings. The molecule has 0 aromatic rings. The Morgan fingerprint density at radius 3 is 1.03 bits per heavy atom. The van der Waals surface area contributed by atoms with Crippen LogP contribution in [0.5, 0.6) is 0 Å². The van der Waals surface area contributed by atoms with E-state index in [1.165, 1.54) is 166 Å². The van der Waals surface area contributed by atoms with Gasteiger partial charge < -0.3 is 0 Å². The highest BCUT2D eigenvalue weighted by Crippen LogP contribution is 2.18. The van der Waals surface area contributed by atoms with Gasteiger partial charge in [-0.25, -0.2) is 0 Å². The van der Waals surface area contributed by atoms with E-state index in [2.05, 4.69) is 31.4 Å². The topological polar surface area (TPSA) is 0 Å². The third-order valence-electron chi connectivity index (χ3n) is 6.41. The van der Waals surface area contributed by atoms with Gasteiger partial charge in [0.2, 0.25) is 0 Å². The van der Waals surface area contributed by atoms with Gasteiger partial charge in [0.25, 0.3) is 0 Å². The predicted molar refractivity (Wildman–Crippen MR) is 144 cm³/mol. The second-order valence-corrected chi connectivity index (χ2v) is 10.7. The zero-order valence-electron chi connectivity index (χ0n) is 21.4. The van der Waals surface area contributed by atoms with Gasteiger partial charge in [0.05, 0.1) is 0 Å². The normalized spacial score (nSPS) is 11.4. The van der Waals surface area contributed by atoms with Crippen LogP contribution >= 0.6 is 11.8 Å². The molecule has 30 heavy (non-hydrogen) atoms. The van der Waals surface area contributed by atoms with Crippen molar-refractivity contribution in [1.82, 2.24) is 0 Å². The lowest BCUT2D eigenvalue weighted by Gasteiger charge is -2.04. The van der Waals surface area contributed by atoms with Crippen molar-refractivity contribution in [3.05, 3.63) is 5.75 Å². The van der Waals surface area contributed by atoms with Crippen molar-refractivity contribution in [3.63, 3.8) is 0 Å². The molecular formula is C29H59S. The van der Waals surface area contributed by atoms with E-state index in [0.29, 0.717) is 0 Å². The molecule has 0 saturated carbocycles. The minimum atomic E-state index is 1.33. The number of rotatable bonds is 27. The van der Waals surface area contributed by atoms with Gasteiger partial charge in [0.1, 0.15) is 0 Å². The monoisotopic (exact) mass is 439 g/mol. The zero-order chi connectivity index (χ0) is 21.8. The SMILES string of the molecule is CCCCCCCCCCCCCCCCCCC[CH]SCCCCCCCCC. The summed E-state index contributed by atoms with van der Waals surface area (Å²) in [6.45, 7) is 4.60. The van der Waals surface area contributed by atoms with Crippen molar-refractivity contribution >= 4 is 11.8 Å². The quantitative estimate of drug-likeness (QED) is 0.115. The van der Waals surface area contributed by atoms with E-state index in [0.717, 1.165) is 0 Å². The molecule has 0 rings (SSSR count). The van der Waals surface area contributed by atoms with Crippen molar-refractivity contribution in [2.24, 2.45) is 0 Å². The predicted octanol–water partition coefficient (Wildman–Crippen LogP) is 11.7. The maximum absolute atomic E-state index is 2.49. The van der Waals surface area contributed by atoms with Gasteiger partial charge in [-0.05, 0) is 18.6 Å². The first-order chi connectivity index (χ1) is 14.9. The van der Waals surface area contributed by atoms with Crippen LogP contribution in [-0.2, 0) is 0 Å². The van der Waals surface area contributed by atoms with E-state index in [9.17, 15) is 0 Å². The summed E-state index contributed by atoms with van der Waals surface area (Å²) in [5.74, 6) is 3.84. The van der Waals surface area contributed by atoms with Gasteiger partial charge in [0.15, 0.2) is 0 Å². The van der Waals surface area contributed by atoms with Crippen molar-refractivity contribution < 1.29 is 0 Å². The van der Waals surface area contributed by atoms with Crippen LogP contribution < -0.4 is 0 Å². The average Bonchev–Trinajstić information content (AvgIpc) is 2.76. The molecule has 0 atom stereocenters. The smallest absolute Gasteiger partial charge is 0.0166 e. The Labute approximate surface area is 197 Å². The van der Waals surface area contributed by atoms with Gasteiger partial charge in [-0.3, -0.25) is 0 Å². The van der Waals surface area contributed by atoms with Gasteiger partial charge >= 0.3 is 0 Å². The van der Waals surface area contributed by atoms with Crippen LogP contribution in [0, 0.1) is 5.75 Å². The van der Waals surface area contributed by atoms with Gasteiger partial charge in [0, 0.05) is 5.75 Å². The number of hydrogen-bond donors (Lipinski definition) is 0. The van der Waals surface area contributed by atoms with Crippen LogP contribution in [0.2, 0.25) is 0 Å². The third-order valence-corrected chi connectivity index (χ3v) is 7.40. The fraction of sp³-hybridized carbons (Fsp3) is 0.966. The first-order valence-corrected chi connectivity index (χ1v) is 15.4. The highest BCUT2D eigenvalue weighted by Gasteiger charge is 1.96. The Kier molecular flexibility index (Phi) is 29.7. The van der Waals surface area contributed by atoms with Crippen LogP contribution in [0.25, 0.3) is 0 Å². The molecule has 181 valence electrons. The summed E-state index contributed by atoms with van der Waals surface area (Å²) >= 11 is 2.08. The first kappa shape index (κ1) is 30.4. The number of thioether (sulfide) groups is 1. The van der Waals surface area contributed by atoms with Crippen LogP contribution in [0.1, 0.15) is 174 Å². The Morgan fingerprint density at radius 1 is 0.367 bits per heavy atom. The van der Waals surface area contributed by atoms with Crippen LogP contribution in [-0.4, -0.2) is 5.75 Å². The molecule has 0 aromatic carbocycles. The van der Waals surface area contributed by atoms with E-state index in [-0.39, 0.29) is 0 Å². The van der Waals surface area contributed by atoms with Crippen molar-refractivity contribution in [3.8, 4) is 0 Å². The minimum absolute atomic E-state index is 1.33. The van der Waals surface area contributed by atoms with Crippen LogP contribution in [0.15, 0.2) is 0 Å². The molecule has 0 heterocycles. The largest absolute Gasteiger partial charge is 0.157 e. The Balaban J connectivity index is 2.97. The second-order valence-electron chi connectivity index (χ2n) is 9.60.